The molecule has 0 aliphatic rings. The molecule has 0 atom stereocenters. The van der Waals surface area contributed by atoms with E-state index in [9.17, 15) is 14.4 Å². The van der Waals surface area contributed by atoms with Gasteiger partial charge in [0.05, 0.1) is 17.8 Å². The van der Waals surface area contributed by atoms with Gasteiger partial charge in [-0.2, -0.15) is 0 Å². The molecular weight excluding hydrogens is 354 g/mol. The lowest BCUT2D eigenvalue weighted by Gasteiger charge is -2.08. The number of ketones is 1. The van der Waals surface area contributed by atoms with Gasteiger partial charge < -0.3 is 14.8 Å². The van der Waals surface area contributed by atoms with Gasteiger partial charge in [0.15, 0.2) is 12.4 Å². The minimum Gasteiger partial charge on any atom is -0.492 e. The molecule has 0 aliphatic carbocycles. The fraction of sp³-hybridized carbons (Fsp3) is 0.316. The van der Waals surface area contributed by atoms with E-state index in [1.807, 2.05) is 31.2 Å². The van der Waals surface area contributed by atoms with Crippen LogP contribution in [0.3, 0.4) is 0 Å². The molecular formula is C19H21NO5S. The first-order valence-electron chi connectivity index (χ1n) is 8.23. The Morgan fingerprint density at radius 1 is 1.12 bits per heavy atom. The molecule has 0 fully saturated rings. The molecule has 0 bridgehead atoms. The van der Waals surface area contributed by atoms with Crippen LogP contribution in [0.5, 0.6) is 5.75 Å². The maximum absolute atomic E-state index is 11.8. The summed E-state index contributed by atoms with van der Waals surface area (Å²) < 4.78 is 10.4. The number of aryl methyl sites for hydroxylation is 1. The van der Waals surface area contributed by atoms with E-state index >= 15 is 0 Å². The SMILES string of the molecule is Cc1cccc(OCCNC(=O)COC(=O)CCC(=O)c2cccs2)c1. The van der Waals surface area contributed by atoms with Crippen molar-refractivity contribution >= 4 is 29.0 Å². The van der Waals surface area contributed by atoms with Gasteiger partial charge in [0, 0.05) is 6.42 Å². The molecule has 0 aliphatic heterocycles. The third-order valence-electron chi connectivity index (χ3n) is 3.40. The highest BCUT2D eigenvalue weighted by Crippen LogP contribution is 2.13. The summed E-state index contributed by atoms with van der Waals surface area (Å²) >= 11 is 1.33. The van der Waals surface area contributed by atoms with Crippen LogP contribution in [0, 0.1) is 6.92 Å². The molecule has 0 saturated heterocycles. The Hall–Kier alpha value is -2.67. The number of carbonyl (C=O) groups excluding carboxylic acids is 3. The second-order valence-corrected chi connectivity index (χ2v) is 6.52. The monoisotopic (exact) mass is 375 g/mol. The summed E-state index contributed by atoms with van der Waals surface area (Å²) in [5.74, 6) is -0.340. The molecule has 0 radical (unpaired) electrons. The van der Waals surface area contributed by atoms with E-state index in [4.69, 9.17) is 9.47 Å². The van der Waals surface area contributed by atoms with Crippen molar-refractivity contribution in [1.82, 2.24) is 5.32 Å². The van der Waals surface area contributed by atoms with Crippen LogP contribution in [0.1, 0.15) is 28.1 Å². The number of hydrogen-bond acceptors (Lipinski definition) is 6. The quantitative estimate of drug-likeness (QED) is 0.392. The van der Waals surface area contributed by atoms with Crippen molar-refractivity contribution in [3.8, 4) is 5.75 Å². The number of carbonyl (C=O) groups is 3. The summed E-state index contributed by atoms with van der Waals surface area (Å²) in [7, 11) is 0. The number of esters is 1. The Kier molecular flexibility index (Phi) is 7.82. The van der Waals surface area contributed by atoms with Crippen LogP contribution in [0.25, 0.3) is 0 Å². The zero-order chi connectivity index (χ0) is 18.8. The number of nitrogens with one attached hydrogen (secondary N) is 1. The van der Waals surface area contributed by atoms with Crippen molar-refractivity contribution in [2.45, 2.75) is 19.8 Å². The van der Waals surface area contributed by atoms with Crippen molar-refractivity contribution in [2.24, 2.45) is 0 Å². The van der Waals surface area contributed by atoms with Crippen LogP contribution in [0.4, 0.5) is 0 Å². The average molecular weight is 375 g/mol. The molecule has 2 aromatic rings. The number of benzene rings is 1. The van der Waals surface area contributed by atoms with E-state index in [1.54, 1.807) is 17.5 Å². The minimum atomic E-state index is -0.568. The molecule has 7 heteroatoms. The van der Waals surface area contributed by atoms with Crippen LogP contribution in [-0.2, 0) is 14.3 Å². The second kappa shape index (κ2) is 10.4. The molecule has 1 aromatic carbocycles. The molecule has 26 heavy (non-hydrogen) atoms. The number of ether oxygens (including phenoxy) is 2. The number of thiophene rings is 1. The standard InChI is InChI=1S/C19H21NO5S/c1-14-4-2-5-15(12-14)24-10-9-20-18(22)13-25-19(23)8-7-16(21)17-6-3-11-26-17/h2-6,11-12H,7-10,13H2,1H3,(H,20,22). The Bertz CT molecular complexity index is 742. The molecule has 0 spiro atoms. The molecule has 0 saturated carbocycles. The Morgan fingerprint density at radius 2 is 1.96 bits per heavy atom. The molecule has 1 aromatic heterocycles. The van der Waals surface area contributed by atoms with Gasteiger partial charge in [0.1, 0.15) is 12.4 Å². The summed E-state index contributed by atoms with van der Waals surface area (Å²) in [6, 6.07) is 11.1. The summed E-state index contributed by atoms with van der Waals surface area (Å²) in [5.41, 5.74) is 1.09. The summed E-state index contributed by atoms with van der Waals surface area (Å²) in [5, 5.41) is 4.41. The first kappa shape index (κ1) is 19.7. The largest absolute Gasteiger partial charge is 0.492 e. The van der Waals surface area contributed by atoms with Crippen molar-refractivity contribution < 1.29 is 23.9 Å². The highest BCUT2D eigenvalue weighted by Gasteiger charge is 2.12. The van der Waals surface area contributed by atoms with Crippen molar-refractivity contribution in [3.63, 3.8) is 0 Å². The molecule has 138 valence electrons. The molecule has 1 N–H and O–H groups in total. The maximum atomic E-state index is 11.8. The molecule has 1 heterocycles. The number of hydrogen-bond donors (Lipinski definition) is 1. The number of rotatable bonds is 10. The zero-order valence-corrected chi connectivity index (χ0v) is 15.3. The first-order chi connectivity index (χ1) is 12.5. The summed E-state index contributed by atoms with van der Waals surface area (Å²) in [4.78, 5) is 35.6. The molecule has 6 nitrogen and oxygen atoms in total. The molecule has 1 amide bonds. The zero-order valence-electron chi connectivity index (χ0n) is 14.5. The van der Waals surface area contributed by atoms with E-state index < -0.39 is 11.9 Å². The Labute approximate surface area is 156 Å². The number of Topliss-reactive ketones (excluding diaryl/α,β-unsaturated/α-hetero) is 1. The highest BCUT2D eigenvalue weighted by molar-refractivity contribution is 7.12. The lowest BCUT2D eigenvalue weighted by molar-refractivity contribution is -0.148. The molecule has 0 unspecified atom stereocenters. The van der Waals surface area contributed by atoms with Crippen molar-refractivity contribution in [3.05, 3.63) is 52.2 Å². The normalized spacial score (nSPS) is 10.2. The third kappa shape index (κ3) is 7.06. The topological polar surface area (TPSA) is 81.7 Å². The van der Waals surface area contributed by atoms with E-state index in [0.29, 0.717) is 18.0 Å². The van der Waals surface area contributed by atoms with E-state index in [2.05, 4.69) is 5.32 Å². The maximum Gasteiger partial charge on any atom is 0.306 e. The lowest BCUT2D eigenvalue weighted by atomic mass is 10.2. The van der Waals surface area contributed by atoms with Crippen LogP contribution in [-0.4, -0.2) is 37.4 Å². The lowest BCUT2D eigenvalue weighted by Crippen LogP contribution is -2.32. The summed E-state index contributed by atoms with van der Waals surface area (Å²) in [6.07, 6.45) is 0.0335. The van der Waals surface area contributed by atoms with E-state index in [1.165, 1.54) is 11.3 Å². The van der Waals surface area contributed by atoms with Gasteiger partial charge in [-0.3, -0.25) is 14.4 Å². The van der Waals surface area contributed by atoms with Gasteiger partial charge >= 0.3 is 5.97 Å². The second-order valence-electron chi connectivity index (χ2n) is 5.58. The van der Waals surface area contributed by atoms with Crippen molar-refractivity contribution in [1.29, 1.82) is 0 Å². The van der Waals surface area contributed by atoms with E-state index in [-0.39, 0.29) is 25.2 Å². The van der Waals surface area contributed by atoms with Crippen LogP contribution < -0.4 is 10.1 Å². The van der Waals surface area contributed by atoms with Crippen LogP contribution in [0.15, 0.2) is 41.8 Å². The van der Waals surface area contributed by atoms with Crippen LogP contribution in [0.2, 0.25) is 0 Å². The predicted octanol–water partition coefficient (Wildman–Crippen LogP) is 2.76. The van der Waals surface area contributed by atoms with Crippen molar-refractivity contribution in [2.75, 3.05) is 19.8 Å². The molecule has 2 rings (SSSR count). The average Bonchev–Trinajstić information content (AvgIpc) is 3.16. The van der Waals surface area contributed by atoms with E-state index in [0.717, 1.165) is 11.3 Å². The predicted molar refractivity (Wildman–Crippen MR) is 98.5 cm³/mol. The van der Waals surface area contributed by atoms with Gasteiger partial charge in [-0.25, -0.2) is 0 Å². The Balaban J connectivity index is 1.55. The van der Waals surface area contributed by atoms with Gasteiger partial charge in [-0.05, 0) is 36.1 Å². The minimum absolute atomic E-state index is 0.0412. The number of amides is 1. The van der Waals surface area contributed by atoms with Gasteiger partial charge in [0.2, 0.25) is 0 Å². The van der Waals surface area contributed by atoms with Gasteiger partial charge in [-0.15, -0.1) is 11.3 Å². The van der Waals surface area contributed by atoms with Gasteiger partial charge in [-0.1, -0.05) is 18.2 Å². The first-order valence-corrected chi connectivity index (χ1v) is 9.11. The Morgan fingerprint density at radius 3 is 2.69 bits per heavy atom. The van der Waals surface area contributed by atoms with Crippen LogP contribution >= 0.6 is 11.3 Å². The third-order valence-corrected chi connectivity index (χ3v) is 4.31. The van der Waals surface area contributed by atoms with Gasteiger partial charge in [0.25, 0.3) is 5.91 Å². The fourth-order valence-corrected chi connectivity index (χ4v) is 2.80. The fourth-order valence-electron chi connectivity index (χ4n) is 2.11. The highest BCUT2D eigenvalue weighted by atomic mass is 32.1. The summed E-state index contributed by atoms with van der Waals surface area (Å²) in [6.45, 7) is 2.23. The smallest absolute Gasteiger partial charge is 0.306 e.